The van der Waals surface area contributed by atoms with Gasteiger partial charge in [-0.15, -0.1) is 0 Å². The largest absolute Gasteiger partial charge is 0.491 e. The number of esters is 2. The summed E-state index contributed by atoms with van der Waals surface area (Å²) in [7, 11) is 0. The maximum absolute atomic E-state index is 12.9. The van der Waals surface area contributed by atoms with Gasteiger partial charge in [0.1, 0.15) is 11.9 Å². The van der Waals surface area contributed by atoms with Crippen molar-refractivity contribution < 1.29 is 63.4 Å². The first-order valence-corrected chi connectivity index (χ1v) is 8.99. The summed E-state index contributed by atoms with van der Waals surface area (Å²) < 4.78 is 122. The van der Waals surface area contributed by atoms with Gasteiger partial charge in [0.05, 0.1) is 6.54 Å². The van der Waals surface area contributed by atoms with Crippen LogP contribution in [0.3, 0.4) is 0 Å². The molecule has 0 aliphatic heterocycles. The van der Waals surface area contributed by atoms with Crippen LogP contribution in [0.15, 0.2) is 24.3 Å². The van der Waals surface area contributed by atoms with Gasteiger partial charge in [-0.25, -0.2) is 9.59 Å². The molecule has 1 aromatic carbocycles. The van der Waals surface area contributed by atoms with E-state index < -0.39 is 66.9 Å². The highest BCUT2D eigenvalue weighted by Crippen LogP contribution is 2.29. The number of hydrogen-bond acceptors (Lipinski definition) is 5. The maximum Gasteiger partial charge on any atom is 0.491 e. The van der Waals surface area contributed by atoms with Crippen molar-refractivity contribution >= 4 is 17.8 Å². The maximum atomic E-state index is 12.9. The van der Waals surface area contributed by atoms with Crippen molar-refractivity contribution in [2.75, 3.05) is 13.1 Å². The van der Waals surface area contributed by atoms with Crippen LogP contribution in [-0.2, 0) is 19.1 Å². The van der Waals surface area contributed by atoms with E-state index in [9.17, 15) is 53.9 Å². The molecular weight excluding hydrogens is 481 g/mol. The first-order chi connectivity index (χ1) is 15.0. The Morgan fingerprint density at radius 3 is 1.79 bits per heavy atom. The van der Waals surface area contributed by atoms with Gasteiger partial charge in [-0.3, -0.25) is 4.79 Å². The fourth-order valence-corrected chi connectivity index (χ4v) is 2.33. The average molecular weight is 497 g/mol. The van der Waals surface area contributed by atoms with E-state index in [0.29, 0.717) is 18.6 Å². The smallest absolute Gasteiger partial charge is 0.449 e. The molecule has 0 aliphatic carbocycles. The van der Waals surface area contributed by atoms with Gasteiger partial charge in [0.25, 0.3) is 0 Å². The topological polar surface area (TPSA) is 72.9 Å². The predicted octanol–water partition coefficient (Wildman–Crippen LogP) is 4.49. The minimum atomic E-state index is -5.53. The standard InChI is InChI=1S/C18H16F9NO5/c1-2-3-8-28(13(29)16(19,20)21)9-12(33-15(31)18(25,26)27)10-4-6-11(7-5-10)32-14(30)17(22,23)24/h4-7,12H,2-3,8-9H2,1H3. The number of alkyl halides is 9. The van der Waals surface area contributed by atoms with E-state index in [1.54, 1.807) is 6.92 Å². The molecule has 0 bridgehead atoms. The van der Waals surface area contributed by atoms with Gasteiger partial charge in [-0.2, -0.15) is 39.5 Å². The van der Waals surface area contributed by atoms with Crippen molar-refractivity contribution in [2.24, 2.45) is 0 Å². The lowest BCUT2D eigenvalue weighted by molar-refractivity contribution is -0.207. The van der Waals surface area contributed by atoms with Crippen molar-refractivity contribution in [3.8, 4) is 5.75 Å². The quantitative estimate of drug-likeness (QED) is 0.301. The van der Waals surface area contributed by atoms with Crippen LogP contribution in [0.5, 0.6) is 5.75 Å². The number of carbonyl (C=O) groups is 3. The summed E-state index contributed by atoms with van der Waals surface area (Å²) in [4.78, 5) is 33.9. The lowest BCUT2D eigenvalue weighted by Gasteiger charge is -2.28. The minimum absolute atomic E-state index is 0.0358. The van der Waals surface area contributed by atoms with Crippen LogP contribution in [0.25, 0.3) is 0 Å². The monoisotopic (exact) mass is 497 g/mol. The molecule has 6 nitrogen and oxygen atoms in total. The van der Waals surface area contributed by atoms with E-state index in [2.05, 4.69) is 9.47 Å². The molecule has 0 radical (unpaired) electrons. The molecule has 0 aliphatic rings. The van der Waals surface area contributed by atoms with E-state index >= 15 is 0 Å². The Labute approximate surface area is 180 Å². The third-order valence-electron chi connectivity index (χ3n) is 3.87. The van der Waals surface area contributed by atoms with E-state index in [-0.39, 0.29) is 11.3 Å². The van der Waals surface area contributed by atoms with Gasteiger partial charge in [-0.05, 0) is 24.1 Å². The number of benzene rings is 1. The summed E-state index contributed by atoms with van der Waals surface area (Å²) in [6, 6.07) is 2.91. The van der Waals surface area contributed by atoms with Crippen LogP contribution >= 0.6 is 0 Å². The van der Waals surface area contributed by atoms with Crippen molar-refractivity contribution in [1.82, 2.24) is 4.90 Å². The second-order valence-electron chi connectivity index (χ2n) is 6.45. The average Bonchev–Trinajstić information content (AvgIpc) is 2.68. The zero-order chi connectivity index (χ0) is 25.6. The van der Waals surface area contributed by atoms with Gasteiger partial charge >= 0.3 is 36.4 Å². The predicted molar refractivity (Wildman–Crippen MR) is 90.6 cm³/mol. The van der Waals surface area contributed by atoms with E-state index in [0.717, 1.165) is 12.1 Å². The molecule has 0 N–H and O–H groups in total. The third-order valence-corrected chi connectivity index (χ3v) is 3.87. The summed E-state index contributed by atoms with van der Waals surface area (Å²) in [5.41, 5.74) is -0.407. The number of nitrogens with zero attached hydrogens (tertiary/aromatic N) is 1. The minimum Gasteiger partial charge on any atom is -0.449 e. The molecule has 0 heterocycles. The number of hydrogen-bond donors (Lipinski definition) is 0. The molecule has 0 aromatic heterocycles. The molecule has 0 spiro atoms. The Hall–Kier alpha value is -3.00. The Morgan fingerprint density at radius 2 is 1.36 bits per heavy atom. The van der Waals surface area contributed by atoms with Crippen molar-refractivity contribution in [1.29, 1.82) is 0 Å². The molecule has 1 rings (SSSR count). The SMILES string of the molecule is CCCCN(CC(OC(=O)C(F)(F)F)c1ccc(OC(=O)C(F)(F)F)cc1)C(=O)C(F)(F)F. The number of unbranched alkanes of at least 4 members (excludes halogenated alkanes) is 1. The Kier molecular flexibility index (Phi) is 9.13. The molecule has 1 amide bonds. The fraction of sp³-hybridized carbons (Fsp3) is 0.500. The lowest BCUT2D eigenvalue weighted by Crippen LogP contribution is -2.44. The summed E-state index contributed by atoms with van der Waals surface area (Å²) in [6.07, 6.45) is -18.0. The zero-order valence-electron chi connectivity index (χ0n) is 16.6. The molecule has 0 saturated heterocycles. The number of carbonyl (C=O) groups excluding carboxylic acids is 3. The molecular formula is C18H16F9NO5. The summed E-state index contributed by atoms with van der Waals surface area (Å²) in [5.74, 6) is -8.46. The molecule has 1 atom stereocenters. The van der Waals surface area contributed by atoms with Crippen LogP contribution in [0.2, 0.25) is 0 Å². The normalized spacial score (nSPS) is 13.3. The number of ether oxygens (including phenoxy) is 2. The highest BCUT2D eigenvalue weighted by atomic mass is 19.4. The van der Waals surface area contributed by atoms with Gasteiger partial charge in [0.15, 0.2) is 0 Å². The molecule has 0 fully saturated rings. The first kappa shape index (κ1) is 28.0. The molecule has 1 unspecified atom stereocenters. The summed E-state index contributed by atoms with van der Waals surface area (Å²) >= 11 is 0. The van der Waals surface area contributed by atoms with Crippen LogP contribution < -0.4 is 4.74 Å². The number of amides is 1. The molecule has 15 heteroatoms. The molecule has 1 aromatic rings. The van der Waals surface area contributed by atoms with Crippen LogP contribution in [0, 0.1) is 0 Å². The lowest BCUT2D eigenvalue weighted by atomic mass is 10.1. The van der Waals surface area contributed by atoms with Gasteiger partial charge in [-0.1, -0.05) is 25.5 Å². The van der Waals surface area contributed by atoms with Crippen LogP contribution in [-0.4, -0.2) is 54.4 Å². The summed E-state index contributed by atoms with van der Waals surface area (Å²) in [6.45, 7) is -0.101. The van der Waals surface area contributed by atoms with Gasteiger partial charge in [0.2, 0.25) is 0 Å². The Morgan fingerprint density at radius 1 is 0.848 bits per heavy atom. The summed E-state index contributed by atoms with van der Waals surface area (Å²) in [5, 5.41) is 0. The van der Waals surface area contributed by atoms with Gasteiger partial charge in [0, 0.05) is 6.54 Å². The van der Waals surface area contributed by atoms with Gasteiger partial charge < -0.3 is 14.4 Å². The number of halogens is 9. The third kappa shape index (κ3) is 8.81. The molecule has 186 valence electrons. The zero-order valence-corrected chi connectivity index (χ0v) is 16.6. The first-order valence-electron chi connectivity index (χ1n) is 8.99. The van der Waals surface area contributed by atoms with E-state index in [1.807, 2.05) is 0 Å². The fourth-order valence-electron chi connectivity index (χ4n) is 2.33. The van der Waals surface area contributed by atoms with Crippen LogP contribution in [0.1, 0.15) is 31.4 Å². The van der Waals surface area contributed by atoms with Crippen LogP contribution in [0.4, 0.5) is 39.5 Å². The van der Waals surface area contributed by atoms with E-state index in [4.69, 9.17) is 0 Å². The van der Waals surface area contributed by atoms with E-state index in [1.165, 1.54) is 0 Å². The van der Waals surface area contributed by atoms with Crippen molar-refractivity contribution in [3.05, 3.63) is 29.8 Å². The highest BCUT2D eigenvalue weighted by Gasteiger charge is 2.46. The van der Waals surface area contributed by atoms with Crippen molar-refractivity contribution in [3.63, 3.8) is 0 Å². The molecule has 0 saturated carbocycles. The highest BCUT2D eigenvalue weighted by molar-refractivity contribution is 5.82. The Bertz CT molecular complexity index is 832. The Balaban J connectivity index is 3.24. The molecule has 33 heavy (non-hydrogen) atoms. The number of rotatable bonds is 8. The second-order valence-corrected chi connectivity index (χ2v) is 6.45. The second kappa shape index (κ2) is 10.7. The van der Waals surface area contributed by atoms with Crippen molar-refractivity contribution in [2.45, 2.75) is 44.4 Å².